The summed E-state index contributed by atoms with van der Waals surface area (Å²) in [7, 11) is 1.95. The van der Waals surface area contributed by atoms with Crippen LogP contribution in [0.1, 0.15) is 19.8 Å². The summed E-state index contributed by atoms with van der Waals surface area (Å²) in [5, 5.41) is 3.26. The molecule has 1 aliphatic heterocycles. The molecule has 1 fully saturated rings. The van der Waals surface area contributed by atoms with Gasteiger partial charge in [-0.05, 0) is 44.2 Å². The maximum absolute atomic E-state index is 12.9. The molecule has 2 atom stereocenters. The van der Waals surface area contributed by atoms with Gasteiger partial charge in [0.05, 0.1) is 0 Å². The zero-order valence-electron chi connectivity index (χ0n) is 12.6. The average molecular weight is 310 g/mol. The number of thioether (sulfide) groups is 1. The first-order chi connectivity index (χ1) is 10.1. The molecule has 1 aliphatic rings. The van der Waals surface area contributed by atoms with Crippen molar-refractivity contribution < 1.29 is 9.18 Å². The van der Waals surface area contributed by atoms with Crippen LogP contribution in [0.25, 0.3) is 0 Å². The third-order valence-corrected chi connectivity index (χ3v) is 5.15. The van der Waals surface area contributed by atoms with Crippen molar-refractivity contribution in [2.24, 2.45) is 5.92 Å². The van der Waals surface area contributed by atoms with Crippen LogP contribution in [-0.2, 0) is 4.79 Å². The number of nitrogens with one attached hydrogen (secondary N) is 1. The molecule has 1 aromatic rings. The molecule has 3 nitrogen and oxygen atoms in total. The summed E-state index contributed by atoms with van der Waals surface area (Å²) in [6.07, 6.45) is 2.20. The van der Waals surface area contributed by atoms with Gasteiger partial charge >= 0.3 is 0 Å². The highest BCUT2D eigenvalue weighted by molar-refractivity contribution is 7.99. The predicted octanol–water partition coefficient (Wildman–Crippen LogP) is 2.76. The normalized spacial score (nSPS) is 20.3. The minimum Gasteiger partial charge on any atom is -0.341 e. The van der Waals surface area contributed by atoms with E-state index in [1.807, 2.05) is 18.9 Å². The van der Waals surface area contributed by atoms with Gasteiger partial charge in [0, 0.05) is 35.7 Å². The van der Waals surface area contributed by atoms with E-state index in [2.05, 4.69) is 5.32 Å². The molecule has 1 heterocycles. The summed E-state index contributed by atoms with van der Waals surface area (Å²) >= 11 is 1.61. The van der Waals surface area contributed by atoms with Gasteiger partial charge in [-0.25, -0.2) is 4.39 Å². The van der Waals surface area contributed by atoms with E-state index in [1.54, 1.807) is 23.9 Å². The number of amides is 1. The topological polar surface area (TPSA) is 32.3 Å². The Labute approximate surface area is 130 Å². The van der Waals surface area contributed by atoms with E-state index in [9.17, 15) is 9.18 Å². The van der Waals surface area contributed by atoms with Crippen molar-refractivity contribution in [1.29, 1.82) is 0 Å². The highest BCUT2D eigenvalue weighted by atomic mass is 32.2. The van der Waals surface area contributed by atoms with Gasteiger partial charge in [-0.2, -0.15) is 0 Å². The van der Waals surface area contributed by atoms with Gasteiger partial charge in [-0.15, -0.1) is 11.8 Å². The second kappa shape index (κ2) is 7.80. The Morgan fingerprint density at radius 1 is 1.48 bits per heavy atom. The molecular formula is C16H23FN2OS. The SMILES string of the molecule is CNC1CCCN(C(=O)C(C)CSc2ccc(F)cc2)C1. The molecule has 0 aliphatic carbocycles. The van der Waals surface area contributed by atoms with Crippen LogP contribution in [0.2, 0.25) is 0 Å². The molecule has 116 valence electrons. The number of hydrogen-bond acceptors (Lipinski definition) is 3. The quantitative estimate of drug-likeness (QED) is 0.849. The lowest BCUT2D eigenvalue weighted by Gasteiger charge is -2.34. The van der Waals surface area contributed by atoms with Crippen LogP contribution in [0.5, 0.6) is 0 Å². The van der Waals surface area contributed by atoms with E-state index in [1.165, 1.54) is 12.1 Å². The van der Waals surface area contributed by atoms with E-state index >= 15 is 0 Å². The van der Waals surface area contributed by atoms with Gasteiger partial charge in [0.2, 0.25) is 5.91 Å². The van der Waals surface area contributed by atoms with Crippen molar-refractivity contribution in [2.75, 3.05) is 25.9 Å². The second-order valence-corrected chi connectivity index (χ2v) is 6.67. The van der Waals surface area contributed by atoms with Gasteiger partial charge < -0.3 is 10.2 Å². The summed E-state index contributed by atoms with van der Waals surface area (Å²) < 4.78 is 12.9. The minimum absolute atomic E-state index is 0.0179. The third-order valence-electron chi connectivity index (χ3n) is 3.88. The molecule has 0 radical (unpaired) electrons. The second-order valence-electron chi connectivity index (χ2n) is 5.58. The Morgan fingerprint density at radius 2 is 2.19 bits per heavy atom. The Kier molecular flexibility index (Phi) is 6.06. The zero-order chi connectivity index (χ0) is 15.2. The number of carbonyl (C=O) groups is 1. The molecule has 1 N–H and O–H groups in total. The number of likely N-dealkylation sites (N-methyl/N-ethyl adjacent to an activating group) is 1. The molecular weight excluding hydrogens is 287 g/mol. The van der Waals surface area contributed by atoms with Crippen LogP contribution in [0.4, 0.5) is 4.39 Å². The van der Waals surface area contributed by atoms with E-state index in [4.69, 9.17) is 0 Å². The number of nitrogens with zero attached hydrogens (tertiary/aromatic N) is 1. The van der Waals surface area contributed by atoms with Crippen molar-refractivity contribution in [3.8, 4) is 0 Å². The summed E-state index contributed by atoms with van der Waals surface area (Å²) in [6, 6.07) is 6.85. The smallest absolute Gasteiger partial charge is 0.226 e. The van der Waals surface area contributed by atoms with Gasteiger partial charge in [0.25, 0.3) is 0 Å². The first kappa shape index (κ1) is 16.3. The van der Waals surface area contributed by atoms with Crippen LogP contribution >= 0.6 is 11.8 Å². The lowest BCUT2D eigenvalue weighted by molar-refractivity contribution is -0.135. The number of piperidine rings is 1. The largest absolute Gasteiger partial charge is 0.341 e. The maximum atomic E-state index is 12.9. The summed E-state index contributed by atoms with van der Waals surface area (Å²) in [5.41, 5.74) is 0. The highest BCUT2D eigenvalue weighted by Crippen LogP contribution is 2.22. The third kappa shape index (κ3) is 4.71. The molecule has 1 amide bonds. The molecule has 0 bridgehead atoms. The number of benzene rings is 1. The molecule has 21 heavy (non-hydrogen) atoms. The van der Waals surface area contributed by atoms with E-state index in [0.717, 1.165) is 36.6 Å². The molecule has 2 unspecified atom stereocenters. The first-order valence-corrected chi connectivity index (χ1v) is 8.43. The monoisotopic (exact) mass is 310 g/mol. The maximum Gasteiger partial charge on any atom is 0.226 e. The minimum atomic E-state index is -0.227. The van der Waals surface area contributed by atoms with Crippen molar-refractivity contribution in [3.05, 3.63) is 30.1 Å². The zero-order valence-corrected chi connectivity index (χ0v) is 13.5. The summed E-state index contributed by atoms with van der Waals surface area (Å²) in [5.74, 6) is 0.709. The Bertz CT molecular complexity index is 466. The van der Waals surface area contributed by atoms with Crippen molar-refractivity contribution in [3.63, 3.8) is 0 Å². The number of carbonyl (C=O) groups excluding carboxylic acids is 1. The standard InChI is InChI=1S/C16H23FN2OS/c1-12(11-21-15-7-5-13(17)6-8-15)16(20)19-9-3-4-14(10-19)18-2/h5-8,12,14,18H,3-4,9-11H2,1-2H3. The van der Waals surface area contributed by atoms with Crippen LogP contribution in [0.15, 0.2) is 29.2 Å². The molecule has 5 heteroatoms. The fraction of sp³-hybridized carbons (Fsp3) is 0.562. The number of rotatable bonds is 5. The molecule has 2 rings (SSSR count). The molecule has 0 spiro atoms. The van der Waals surface area contributed by atoms with Crippen molar-refractivity contribution >= 4 is 17.7 Å². The van der Waals surface area contributed by atoms with Crippen molar-refractivity contribution in [2.45, 2.75) is 30.7 Å². The van der Waals surface area contributed by atoms with Gasteiger partial charge in [-0.3, -0.25) is 4.79 Å². The van der Waals surface area contributed by atoms with Crippen molar-refractivity contribution in [1.82, 2.24) is 10.2 Å². The Balaban J connectivity index is 1.83. The summed E-state index contributed by atoms with van der Waals surface area (Å²) in [4.78, 5) is 15.4. The Hall–Kier alpha value is -1.07. The van der Waals surface area contributed by atoms with Crippen LogP contribution in [-0.4, -0.2) is 42.7 Å². The Morgan fingerprint density at radius 3 is 2.86 bits per heavy atom. The number of halogens is 1. The fourth-order valence-electron chi connectivity index (χ4n) is 2.55. The van der Waals surface area contributed by atoms with Gasteiger partial charge in [0.1, 0.15) is 5.82 Å². The van der Waals surface area contributed by atoms with Crippen LogP contribution in [0, 0.1) is 11.7 Å². The first-order valence-electron chi connectivity index (χ1n) is 7.44. The lowest BCUT2D eigenvalue weighted by Crippen LogP contribution is -2.48. The number of likely N-dealkylation sites (tertiary alicyclic amines) is 1. The van der Waals surface area contributed by atoms with E-state index < -0.39 is 0 Å². The lowest BCUT2D eigenvalue weighted by atomic mass is 10.0. The molecule has 1 aromatic carbocycles. The van der Waals surface area contributed by atoms with Gasteiger partial charge in [-0.1, -0.05) is 6.92 Å². The highest BCUT2D eigenvalue weighted by Gasteiger charge is 2.25. The van der Waals surface area contributed by atoms with E-state index in [-0.39, 0.29) is 17.6 Å². The van der Waals surface area contributed by atoms with E-state index in [0.29, 0.717) is 6.04 Å². The molecule has 0 aromatic heterocycles. The van der Waals surface area contributed by atoms with Crippen LogP contribution in [0.3, 0.4) is 0 Å². The predicted molar refractivity (Wildman–Crippen MR) is 84.9 cm³/mol. The average Bonchev–Trinajstić information content (AvgIpc) is 2.53. The summed E-state index contributed by atoms with van der Waals surface area (Å²) in [6.45, 7) is 3.64. The fourth-order valence-corrected chi connectivity index (χ4v) is 3.46. The molecule has 0 saturated carbocycles. The number of hydrogen-bond donors (Lipinski definition) is 1. The molecule has 1 saturated heterocycles. The van der Waals surface area contributed by atoms with Crippen LogP contribution < -0.4 is 5.32 Å². The van der Waals surface area contributed by atoms with Gasteiger partial charge in [0.15, 0.2) is 0 Å².